The molecule has 0 amide bonds. The number of nitrogens with one attached hydrogen (secondary N) is 2. The first-order chi connectivity index (χ1) is 10.0. The lowest BCUT2D eigenvalue weighted by Gasteiger charge is -2.04. The third-order valence-corrected chi connectivity index (χ3v) is 6.18. The van der Waals surface area contributed by atoms with E-state index in [0.717, 1.165) is 12.1 Å². The molecule has 2 N–H and O–H groups in total. The van der Waals surface area contributed by atoms with E-state index in [1.165, 1.54) is 30.5 Å². The number of thiophene rings is 1. The third-order valence-electron chi connectivity index (χ3n) is 3.29. The van der Waals surface area contributed by atoms with Crippen molar-refractivity contribution in [2.45, 2.75) is 36.2 Å². The van der Waals surface area contributed by atoms with Gasteiger partial charge in [0.05, 0.1) is 6.54 Å². The Bertz CT molecular complexity index is 718. The van der Waals surface area contributed by atoms with Crippen molar-refractivity contribution in [1.29, 1.82) is 0 Å². The molecule has 114 valence electrons. The van der Waals surface area contributed by atoms with Gasteiger partial charge in [-0.05, 0) is 29.9 Å². The molecular formula is C12H17N5O2S2. The van der Waals surface area contributed by atoms with E-state index < -0.39 is 10.0 Å². The summed E-state index contributed by atoms with van der Waals surface area (Å²) in [5.41, 5.74) is 1.01. The Kier molecular flexibility index (Phi) is 4.07. The van der Waals surface area contributed by atoms with Gasteiger partial charge in [0.15, 0.2) is 0 Å². The maximum atomic E-state index is 12.2. The van der Waals surface area contributed by atoms with Gasteiger partial charge in [0.2, 0.25) is 10.0 Å². The number of nitrogens with zero attached hydrogens (tertiary/aromatic N) is 3. The molecule has 0 bridgehead atoms. The second-order valence-electron chi connectivity index (χ2n) is 5.11. The standard InChI is InChI=1S/C12H17N5O2S2/c1-17-8-14-16-11(17)6-15-21(18,19)12-4-9(7-20-12)5-13-10-2-3-10/h4,7-8,10,13,15H,2-3,5-6H2,1H3. The smallest absolute Gasteiger partial charge is 0.250 e. The van der Waals surface area contributed by atoms with Crippen LogP contribution in [0.2, 0.25) is 0 Å². The minimum Gasteiger partial charge on any atom is -0.320 e. The van der Waals surface area contributed by atoms with Crippen LogP contribution in [0.1, 0.15) is 24.2 Å². The summed E-state index contributed by atoms with van der Waals surface area (Å²) in [4.78, 5) is 0. The van der Waals surface area contributed by atoms with E-state index in [0.29, 0.717) is 16.1 Å². The van der Waals surface area contributed by atoms with Gasteiger partial charge in [-0.25, -0.2) is 13.1 Å². The monoisotopic (exact) mass is 327 g/mol. The Morgan fingerprint density at radius 3 is 2.90 bits per heavy atom. The summed E-state index contributed by atoms with van der Waals surface area (Å²) in [5, 5.41) is 12.8. The zero-order valence-corrected chi connectivity index (χ0v) is 13.2. The summed E-state index contributed by atoms with van der Waals surface area (Å²) in [6, 6.07) is 2.33. The largest absolute Gasteiger partial charge is 0.320 e. The van der Waals surface area contributed by atoms with Gasteiger partial charge in [0.1, 0.15) is 16.4 Å². The zero-order valence-electron chi connectivity index (χ0n) is 11.6. The summed E-state index contributed by atoms with van der Waals surface area (Å²) in [5.74, 6) is 0.575. The first kappa shape index (κ1) is 14.6. The average molecular weight is 327 g/mol. The van der Waals surface area contributed by atoms with Crippen molar-refractivity contribution in [2.75, 3.05) is 0 Å². The number of hydrogen-bond donors (Lipinski definition) is 2. The zero-order chi connectivity index (χ0) is 14.9. The van der Waals surface area contributed by atoms with Crippen LogP contribution >= 0.6 is 11.3 Å². The molecule has 0 aromatic carbocycles. The van der Waals surface area contributed by atoms with Crippen LogP contribution in [0.4, 0.5) is 0 Å². The molecule has 2 aromatic heterocycles. The van der Waals surface area contributed by atoms with Crippen LogP contribution in [0.3, 0.4) is 0 Å². The van der Waals surface area contributed by atoms with Gasteiger partial charge in [-0.15, -0.1) is 21.5 Å². The molecule has 0 spiro atoms. The van der Waals surface area contributed by atoms with Crippen molar-refractivity contribution in [3.05, 3.63) is 29.2 Å². The molecule has 3 rings (SSSR count). The summed E-state index contributed by atoms with van der Waals surface area (Å²) in [6.07, 6.45) is 3.97. The summed E-state index contributed by atoms with van der Waals surface area (Å²) >= 11 is 1.24. The maximum absolute atomic E-state index is 12.2. The van der Waals surface area contributed by atoms with Crippen molar-refractivity contribution < 1.29 is 8.42 Å². The van der Waals surface area contributed by atoms with Crippen molar-refractivity contribution in [2.24, 2.45) is 7.05 Å². The summed E-state index contributed by atoms with van der Waals surface area (Å²) < 4.78 is 29.0. The Morgan fingerprint density at radius 2 is 2.24 bits per heavy atom. The molecule has 1 saturated carbocycles. The first-order valence-corrected chi connectivity index (χ1v) is 9.04. The van der Waals surface area contributed by atoms with Crippen molar-refractivity contribution in [3.63, 3.8) is 0 Å². The summed E-state index contributed by atoms with van der Waals surface area (Å²) in [6.45, 7) is 0.854. The van der Waals surface area contributed by atoms with E-state index >= 15 is 0 Å². The van der Waals surface area contributed by atoms with E-state index in [1.54, 1.807) is 17.7 Å². The van der Waals surface area contributed by atoms with Crippen molar-refractivity contribution >= 4 is 21.4 Å². The molecule has 0 atom stereocenters. The molecule has 0 aliphatic heterocycles. The molecule has 1 aliphatic rings. The number of sulfonamides is 1. The van der Waals surface area contributed by atoms with E-state index in [1.807, 2.05) is 5.38 Å². The highest BCUT2D eigenvalue weighted by Gasteiger charge is 2.21. The molecule has 7 nitrogen and oxygen atoms in total. The van der Waals surface area contributed by atoms with E-state index in [9.17, 15) is 8.42 Å². The lowest BCUT2D eigenvalue weighted by atomic mass is 10.3. The van der Waals surface area contributed by atoms with Crippen LogP contribution in [0, 0.1) is 0 Å². The number of aryl methyl sites for hydroxylation is 1. The third kappa shape index (κ3) is 3.67. The van der Waals surface area contributed by atoms with Crippen LogP contribution in [-0.4, -0.2) is 29.2 Å². The number of rotatable bonds is 7. The molecule has 21 heavy (non-hydrogen) atoms. The number of hydrogen-bond acceptors (Lipinski definition) is 6. The molecule has 1 fully saturated rings. The van der Waals surface area contributed by atoms with Gasteiger partial charge < -0.3 is 9.88 Å². The quantitative estimate of drug-likeness (QED) is 0.778. The van der Waals surface area contributed by atoms with Gasteiger partial charge in [-0.1, -0.05) is 0 Å². The lowest BCUT2D eigenvalue weighted by molar-refractivity contribution is 0.579. The topological polar surface area (TPSA) is 88.9 Å². The second-order valence-corrected chi connectivity index (χ2v) is 8.02. The Morgan fingerprint density at radius 1 is 1.43 bits per heavy atom. The minimum atomic E-state index is -3.50. The van der Waals surface area contributed by atoms with Crippen molar-refractivity contribution in [3.8, 4) is 0 Å². The number of aromatic nitrogens is 3. The average Bonchev–Trinajstić information content (AvgIpc) is 2.98. The van der Waals surface area contributed by atoms with Gasteiger partial charge in [-0.2, -0.15) is 0 Å². The van der Waals surface area contributed by atoms with E-state index in [2.05, 4.69) is 20.2 Å². The molecule has 2 heterocycles. The summed E-state index contributed by atoms with van der Waals surface area (Å²) in [7, 11) is -1.72. The van der Waals surface area contributed by atoms with Crippen LogP contribution < -0.4 is 10.0 Å². The van der Waals surface area contributed by atoms with Crippen LogP contribution in [0.25, 0.3) is 0 Å². The van der Waals surface area contributed by atoms with Gasteiger partial charge in [-0.3, -0.25) is 0 Å². The van der Waals surface area contributed by atoms with Gasteiger partial charge in [0.25, 0.3) is 0 Å². The molecule has 2 aromatic rings. The molecule has 9 heteroatoms. The SMILES string of the molecule is Cn1cnnc1CNS(=O)(=O)c1cc(CNC2CC2)cs1. The molecule has 0 unspecified atom stereocenters. The second kappa shape index (κ2) is 5.84. The van der Waals surface area contributed by atoms with E-state index in [-0.39, 0.29) is 6.54 Å². The maximum Gasteiger partial charge on any atom is 0.250 e. The molecule has 0 saturated heterocycles. The van der Waals surface area contributed by atoms with Crippen molar-refractivity contribution in [1.82, 2.24) is 24.8 Å². The molecule has 0 radical (unpaired) electrons. The Labute approximate surface area is 127 Å². The highest BCUT2D eigenvalue weighted by molar-refractivity contribution is 7.91. The minimum absolute atomic E-state index is 0.131. The molecular weight excluding hydrogens is 310 g/mol. The van der Waals surface area contributed by atoms with Gasteiger partial charge >= 0.3 is 0 Å². The van der Waals surface area contributed by atoms with Crippen LogP contribution in [0.15, 0.2) is 22.0 Å². The van der Waals surface area contributed by atoms with E-state index in [4.69, 9.17) is 0 Å². The van der Waals surface area contributed by atoms with Crippen LogP contribution in [-0.2, 0) is 30.2 Å². The highest BCUT2D eigenvalue weighted by atomic mass is 32.2. The lowest BCUT2D eigenvalue weighted by Crippen LogP contribution is -2.24. The highest BCUT2D eigenvalue weighted by Crippen LogP contribution is 2.23. The predicted molar refractivity (Wildman–Crippen MR) is 79.2 cm³/mol. The normalized spacial score (nSPS) is 15.5. The fourth-order valence-corrected chi connectivity index (χ4v) is 4.07. The van der Waals surface area contributed by atoms with Gasteiger partial charge in [0, 0.05) is 19.6 Å². The van der Waals surface area contributed by atoms with Crippen LogP contribution in [0.5, 0.6) is 0 Å². The predicted octanol–water partition coefficient (Wildman–Crippen LogP) is 0.607. The Hall–Kier alpha value is -1.29. The fourth-order valence-electron chi connectivity index (χ4n) is 1.83. The fraction of sp³-hybridized carbons (Fsp3) is 0.500. The first-order valence-electron chi connectivity index (χ1n) is 6.68. The Balaban J connectivity index is 1.62. The molecule has 1 aliphatic carbocycles.